The van der Waals surface area contributed by atoms with Gasteiger partial charge in [0, 0.05) is 56.9 Å². The van der Waals surface area contributed by atoms with E-state index in [1.54, 1.807) is 27.9 Å². The van der Waals surface area contributed by atoms with Gasteiger partial charge in [-0.15, -0.1) is 0 Å². The minimum atomic E-state index is -4.41. The number of rotatable bonds is 8. The highest BCUT2D eigenvalue weighted by Crippen LogP contribution is 2.34. The van der Waals surface area contributed by atoms with Gasteiger partial charge in [-0.1, -0.05) is 0 Å². The zero-order valence-electron chi connectivity index (χ0n) is 26.5. The van der Waals surface area contributed by atoms with E-state index in [0.29, 0.717) is 23.7 Å². The van der Waals surface area contributed by atoms with Gasteiger partial charge in [-0.2, -0.15) is 18.3 Å². The number of hydrogen-bond donors (Lipinski definition) is 0. The Kier molecular flexibility index (Phi) is 9.90. The summed E-state index contributed by atoms with van der Waals surface area (Å²) in [6, 6.07) is 8.40. The Morgan fingerprint density at radius 1 is 1.11 bits per heavy atom. The Morgan fingerprint density at radius 2 is 1.87 bits per heavy atom. The number of piperazine rings is 1. The quantitative estimate of drug-likeness (QED) is 0.261. The van der Waals surface area contributed by atoms with Gasteiger partial charge in [-0.05, 0) is 82.9 Å². The Morgan fingerprint density at radius 3 is 2.51 bits per heavy atom. The van der Waals surface area contributed by atoms with Gasteiger partial charge in [-0.25, -0.2) is 14.5 Å². The SMILES string of the molecule is COCOc1ccc(-c2cc(CN3CCN(C(=O)OC(C)(C)C)CC3CC(F)(F)F)c3c(C)nn(C4CCCCO4)c3n2)cc1. The number of amides is 1. The van der Waals surface area contributed by atoms with Crippen molar-refractivity contribution >= 4 is 17.1 Å². The minimum Gasteiger partial charge on any atom is -0.468 e. The molecule has 4 heterocycles. The first-order valence-electron chi connectivity index (χ1n) is 15.3. The molecule has 45 heavy (non-hydrogen) atoms. The number of carbonyl (C=O) groups excluding carboxylic acids is 1. The van der Waals surface area contributed by atoms with E-state index in [-0.39, 0.29) is 39.2 Å². The van der Waals surface area contributed by atoms with Crippen LogP contribution in [0.5, 0.6) is 5.75 Å². The van der Waals surface area contributed by atoms with Crippen molar-refractivity contribution in [1.29, 1.82) is 0 Å². The summed E-state index contributed by atoms with van der Waals surface area (Å²) in [6.07, 6.45) is -3.57. The van der Waals surface area contributed by atoms with E-state index in [1.807, 2.05) is 46.8 Å². The fourth-order valence-electron chi connectivity index (χ4n) is 5.91. The largest absolute Gasteiger partial charge is 0.468 e. The average molecular weight is 634 g/mol. The second-order valence-electron chi connectivity index (χ2n) is 12.7. The number of pyridine rings is 1. The molecule has 0 spiro atoms. The number of halogens is 3. The Labute approximate surface area is 261 Å². The van der Waals surface area contributed by atoms with Gasteiger partial charge in [0.2, 0.25) is 0 Å². The molecule has 0 radical (unpaired) electrons. The van der Waals surface area contributed by atoms with Gasteiger partial charge < -0.3 is 23.8 Å². The predicted molar refractivity (Wildman–Crippen MR) is 162 cm³/mol. The molecule has 0 N–H and O–H groups in total. The molecule has 0 saturated carbocycles. The third kappa shape index (κ3) is 8.25. The van der Waals surface area contributed by atoms with Crippen LogP contribution in [0.4, 0.5) is 18.0 Å². The van der Waals surface area contributed by atoms with Crippen LogP contribution in [0.2, 0.25) is 0 Å². The van der Waals surface area contributed by atoms with Crippen LogP contribution < -0.4 is 4.74 Å². The lowest BCUT2D eigenvalue weighted by Gasteiger charge is -2.42. The number of methoxy groups -OCH3 is 1. The number of aromatic nitrogens is 3. The van der Waals surface area contributed by atoms with E-state index in [2.05, 4.69) is 0 Å². The first kappa shape index (κ1) is 33.0. The monoisotopic (exact) mass is 633 g/mol. The maximum Gasteiger partial charge on any atom is 0.410 e. The summed E-state index contributed by atoms with van der Waals surface area (Å²) >= 11 is 0. The number of aryl methyl sites for hydroxylation is 1. The summed E-state index contributed by atoms with van der Waals surface area (Å²) in [5.41, 5.74) is 2.91. The van der Waals surface area contributed by atoms with Crippen molar-refractivity contribution in [1.82, 2.24) is 24.6 Å². The lowest BCUT2D eigenvalue weighted by molar-refractivity contribution is -0.152. The maximum absolute atomic E-state index is 13.9. The average Bonchev–Trinajstić information content (AvgIpc) is 3.32. The lowest BCUT2D eigenvalue weighted by atomic mass is 10.0. The molecule has 3 aromatic rings. The highest BCUT2D eigenvalue weighted by molar-refractivity contribution is 5.85. The van der Waals surface area contributed by atoms with Crippen molar-refractivity contribution in [2.24, 2.45) is 0 Å². The van der Waals surface area contributed by atoms with E-state index in [1.165, 1.54) is 4.90 Å². The van der Waals surface area contributed by atoms with E-state index < -0.39 is 30.3 Å². The van der Waals surface area contributed by atoms with Gasteiger partial charge >= 0.3 is 12.3 Å². The van der Waals surface area contributed by atoms with Crippen LogP contribution in [0.3, 0.4) is 0 Å². The van der Waals surface area contributed by atoms with Crippen molar-refractivity contribution in [3.8, 4) is 17.0 Å². The lowest BCUT2D eigenvalue weighted by Crippen LogP contribution is -2.56. The molecule has 0 bridgehead atoms. The molecule has 2 saturated heterocycles. The summed E-state index contributed by atoms with van der Waals surface area (Å²) in [6.45, 7) is 8.49. The molecule has 2 atom stereocenters. The van der Waals surface area contributed by atoms with E-state index in [0.717, 1.165) is 41.5 Å². The molecule has 1 amide bonds. The molecule has 2 aliphatic rings. The molecule has 13 heteroatoms. The molecular formula is C32H42F3N5O5. The van der Waals surface area contributed by atoms with Crippen LogP contribution in [-0.2, 0) is 20.8 Å². The van der Waals surface area contributed by atoms with Crippen LogP contribution >= 0.6 is 0 Å². The third-order valence-electron chi connectivity index (χ3n) is 7.94. The molecule has 10 nitrogen and oxygen atoms in total. The standard InChI is InChI=1S/C32H42F3N5O5/c1-21-28-23(18-38-13-14-39(30(41)45-31(2,3)4)19-24(38)17-32(33,34)35)16-26(22-9-11-25(12-10-22)44-20-42-5)36-29(28)40(37-21)27-8-6-7-15-43-27/h9-12,16,24,27H,6-8,13-15,17-20H2,1-5H3. The summed E-state index contributed by atoms with van der Waals surface area (Å²) in [4.78, 5) is 21.0. The van der Waals surface area contributed by atoms with Gasteiger partial charge in [-0.3, -0.25) is 4.90 Å². The molecular weight excluding hydrogens is 591 g/mol. The fourth-order valence-corrected chi connectivity index (χ4v) is 5.91. The molecule has 2 unspecified atom stereocenters. The van der Waals surface area contributed by atoms with Crippen molar-refractivity contribution in [3.05, 3.63) is 41.6 Å². The fraction of sp³-hybridized carbons (Fsp3) is 0.594. The van der Waals surface area contributed by atoms with Crippen LogP contribution in [0.15, 0.2) is 30.3 Å². The van der Waals surface area contributed by atoms with E-state index in [9.17, 15) is 18.0 Å². The van der Waals surface area contributed by atoms with Gasteiger partial charge in [0.1, 0.15) is 11.4 Å². The minimum absolute atomic E-state index is 0.0907. The van der Waals surface area contributed by atoms with Crippen molar-refractivity contribution in [2.45, 2.75) is 84.0 Å². The number of hydrogen-bond acceptors (Lipinski definition) is 8. The zero-order chi connectivity index (χ0) is 32.4. The maximum atomic E-state index is 13.9. The number of ether oxygens (including phenoxy) is 4. The summed E-state index contributed by atoms with van der Waals surface area (Å²) in [7, 11) is 1.55. The number of nitrogens with zero attached hydrogens (tertiary/aromatic N) is 5. The molecule has 5 rings (SSSR count). The topological polar surface area (TPSA) is 91.2 Å². The molecule has 2 fully saturated rings. The number of carbonyl (C=O) groups is 1. The first-order valence-corrected chi connectivity index (χ1v) is 15.3. The zero-order valence-corrected chi connectivity index (χ0v) is 26.5. The highest BCUT2D eigenvalue weighted by atomic mass is 19.4. The molecule has 246 valence electrons. The molecule has 2 aromatic heterocycles. The van der Waals surface area contributed by atoms with E-state index >= 15 is 0 Å². The Hall–Kier alpha value is -3.42. The first-order chi connectivity index (χ1) is 21.3. The third-order valence-corrected chi connectivity index (χ3v) is 7.94. The van der Waals surface area contributed by atoms with Crippen LogP contribution in [0.25, 0.3) is 22.3 Å². The van der Waals surface area contributed by atoms with Crippen LogP contribution in [-0.4, -0.2) is 88.6 Å². The highest BCUT2D eigenvalue weighted by Gasteiger charge is 2.40. The smallest absolute Gasteiger partial charge is 0.410 e. The second-order valence-corrected chi connectivity index (χ2v) is 12.7. The molecule has 1 aromatic carbocycles. The van der Waals surface area contributed by atoms with Crippen molar-refractivity contribution in [3.63, 3.8) is 0 Å². The molecule has 2 aliphatic heterocycles. The van der Waals surface area contributed by atoms with Gasteiger partial charge in [0.25, 0.3) is 0 Å². The molecule has 0 aliphatic carbocycles. The summed E-state index contributed by atoms with van der Waals surface area (Å²) in [5, 5.41) is 5.62. The Bertz CT molecular complexity index is 1470. The van der Waals surface area contributed by atoms with Crippen molar-refractivity contribution in [2.75, 3.05) is 40.1 Å². The van der Waals surface area contributed by atoms with Crippen LogP contribution in [0.1, 0.15) is 63.9 Å². The normalized spacial score (nSPS) is 20.0. The van der Waals surface area contributed by atoms with Crippen molar-refractivity contribution < 1.29 is 36.9 Å². The van der Waals surface area contributed by atoms with Gasteiger partial charge in [0.15, 0.2) is 18.7 Å². The number of benzene rings is 1. The van der Waals surface area contributed by atoms with E-state index in [4.69, 9.17) is 29.0 Å². The summed E-state index contributed by atoms with van der Waals surface area (Å²) in [5.74, 6) is 0.635. The second kappa shape index (κ2) is 13.5. The number of fused-ring (bicyclic) bond motifs is 1. The van der Waals surface area contributed by atoms with Crippen LogP contribution in [0, 0.1) is 6.92 Å². The summed E-state index contributed by atoms with van der Waals surface area (Å²) < 4.78 is 65.5. The predicted octanol–water partition coefficient (Wildman–Crippen LogP) is 6.46. The van der Waals surface area contributed by atoms with Gasteiger partial charge in [0.05, 0.1) is 17.8 Å². The Balaban J connectivity index is 1.52. The number of alkyl halides is 3.